The summed E-state index contributed by atoms with van der Waals surface area (Å²) in [5, 5.41) is 3.35. The fourth-order valence-electron chi connectivity index (χ4n) is 5.33. The normalized spacial score (nSPS) is 15.7. The van der Waals surface area contributed by atoms with Gasteiger partial charge in [-0.15, -0.1) is 0 Å². The van der Waals surface area contributed by atoms with E-state index in [0.717, 1.165) is 58.9 Å². The number of nitrogens with two attached hydrogens (primary N) is 6. The van der Waals surface area contributed by atoms with Crippen LogP contribution in [0.25, 0.3) is 0 Å². The number of hydrogen-bond acceptors (Lipinski definition) is 11. The Hall–Kier alpha value is -0.440. The quantitative estimate of drug-likeness (QED) is 0.0846. The molecule has 0 atom stereocenters. The van der Waals surface area contributed by atoms with Gasteiger partial charge < -0.3 is 49.5 Å². The molecule has 11 heteroatoms. The van der Waals surface area contributed by atoms with E-state index in [1.165, 1.54) is 123 Å². The Morgan fingerprint density at radius 1 is 0.467 bits per heavy atom. The first kappa shape index (κ1) is 49.0. The third-order valence-corrected chi connectivity index (χ3v) is 7.90. The van der Waals surface area contributed by atoms with E-state index in [2.05, 4.69) is 38.8 Å². The maximum Gasteiger partial charge on any atom is 0.0110 e. The first-order valence-corrected chi connectivity index (χ1v) is 18.4. The Labute approximate surface area is 281 Å². The van der Waals surface area contributed by atoms with Crippen LogP contribution in [0.3, 0.4) is 0 Å². The third kappa shape index (κ3) is 36.2. The molecule has 2 saturated heterocycles. The second kappa shape index (κ2) is 41.6. The molecule has 0 unspecified atom stereocenters. The molecule has 13 N–H and O–H groups in total. The topological polar surface area (TPSA) is 181 Å². The summed E-state index contributed by atoms with van der Waals surface area (Å²) < 4.78 is 0. The van der Waals surface area contributed by atoms with E-state index >= 15 is 0 Å². The number of nitrogens with zero attached hydrogens (tertiary/aromatic N) is 4. The maximum absolute atomic E-state index is 5.50. The molecule has 11 nitrogen and oxygen atoms in total. The van der Waals surface area contributed by atoms with Gasteiger partial charge in [-0.2, -0.15) is 0 Å². The lowest BCUT2D eigenvalue weighted by Gasteiger charge is -2.34. The largest absolute Gasteiger partial charge is 0.330 e. The second-order valence-corrected chi connectivity index (χ2v) is 12.0. The molecule has 0 amide bonds. The highest BCUT2D eigenvalue weighted by atomic mass is 15.3. The van der Waals surface area contributed by atoms with Crippen molar-refractivity contribution in [3.8, 4) is 0 Å². The zero-order valence-corrected chi connectivity index (χ0v) is 29.7. The second-order valence-electron chi connectivity index (χ2n) is 12.0. The van der Waals surface area contributed by atoms with Gasteiger partial charge in [0.1, 0.15) is 0 Å². The predicted octanol–water partition coefficient (Wildman–Crippen LogP) is 1.49. The summed E-state index contributed by atoms with van der Waals surface area (Å²) in [6, 6.07) is 0. The van der Waals surface area contributed by atoms with Crippen molar-refractivity contribution >= 4 is 0 Å². The van der Waals surface area contributed by atoms with Gasteiger partial charge in [-0.1, -0.05) is 40.5 Å². The molecule has 276 valence electrons. The Morgan fingerprint density at radius 2 is 0.956 bits per heavy atom. The van der Waals surface area contributed by atoms with E-state index in [0.29, 0.717) is 19.6 Å². The summed E-state index contributed by atoms with van der Waals surface area (Å²) in [7, 11) is 0. The van der Waals surface area contributed by atoms with E-state index in [1.807, 2.05) is 0 Å². The molecular weight excluding hydrogens is 562 g/mol. The van der Waals surface area contributed by atoms with Crippen LogP contribution in [-0.4, -0.2) is 150 Å². The Balaban J connectivity index is -0.000000521. The summed E-state index contributed by atoms with van der Waals surface area (Å²) in [6.45, 7) is 25.2. The number of nitrogens with one attached hydrogen (secondary N) is 1. The van der Waals surface area contributed by atoms with Crippen LogP contribution in [0.5, 0.6) is 0 Å². The Kier molecular flexibility index (Phi) is 45.2. The number of rotatable bonds is 22. The van der Waals surface area contributed by atoms with Crippen LogP contribution in [0.4, 0.5) is 0 Å². The van der Waals surface area contributed by atoms with Crippen LogP contribution in [0.2, 0.25) is 0 Å². The van der Waals surface area contributed by atoms with Gasteiger partial charge in [0.05, 0.1) is 0 Å². The van der Waals surface area contributed by atoms with E-state index in [-0.39, 0.29) is 7.43 Å². The Bertz CT molecular complexity index is 461. The average Bonchev–Trinajstić information content (AvgIpc) is 3.04. The van der Waals surface area contributed by atoms with Gasteiger partial charge in [0.25, 0.3) is 0 Å². The number of hydrogen-bond donors (Lipinski definition) is 7. The molecule has 0 spiro atoms. The lowest BCUT2D eigenvalue weighted by Crippen LogP contribution is -2.47. The highest BCUT2D eigenvalue weighted by Gasteiger charge is 2.14. The van der Waals surface area contributed by atoms with Crippen molar-refractivity contribution in [3.63, 3.8) is 0 Å². The maximum atomic E-state index is 5.50. The fourth-order valence-corrected chi connectivity index (χ4v) is 5.33. The number of piperazine rings is 1. The number of likely N-dealkylation sites (tertiary alicyclic amines) is 1. The van der Waals surface area contributed by atoms with Crippen molar-refractivity contribution in [1.29, 1.82) is 0 Å². The molecule has 0 saturated carbocycles. The van der Waals surface area contributed by atoms with Gasteiger partial charge in [-0.05, 0) is 104 Å². The molecule has 0 bridgehead atoms. The molecule has 0 radical (unpaired) electrons. The lowest BCUT2D eigenvalue weighted by atomic mass is 10.1. The summed E-state index contributed by atoms with van der Waals surface area (Å²) in [4.78, 5) is 9.75. The van der Waals surface area contributed by atoms with Crippen LogP contribution >= 0.6 is 0 Å². The minimum Gasteiger partial charge on any atom is -0.330 e. The molecule has 2 aliphatic heterocycles. The van der Waals surface area contributed by atoms with E-state index in [1.54, 1.807) is 0 Å². The average molecular weight is 648 g/mol. The van der Waals surface area contributed by atoms with E-state index in [9.17, 15) is 0 Å². The van der Waals surface area contributed by atoms with E-state index < -0.39 is 0 Å². The zero-order chi connectivity index (χ0) is 32.9. The first-order chi connectivity index (χ1) is 21.6. The van der Waals surface area contributed by atoms with Crippen LogP contribution < -0.4 is 39.7 Å². The van der Waals surface area contributed by atoms with Crippen LogP contribution in [0.15, 0.2) is 0 Å². The predicted molar refractivity (Wildman–Crippen MR) is 202 cm³/mol. The molecule has 0 aliphatic carbocycles. The minimum absolute atomic E-state index is 0. The van der Waals surface area contributed by atoms with Crippen molar-refractivity contribution in [2.45, 2.75) is 91.9 Å². The van der Waals surface area contributed by atoms with Crippen molar-refractivity contribution in [3.05, 3.63) is 0 Å². The summed E-state index contributed by atoms with van der Waals surface area (Å²) in [6.07, 6.45) is 14.4. The third-order valence-electron chi connectivity index (χ3n) is 7.90. The number of unbranched alkanes of at least 4 members (excludes halogenated alkanes) is 4. The molecule has 0 aromatic rings. The highest BCUT2D eigenvalue weighted by molar-refractivity contribution is 4.71. The highest BCUT2D eigenvalue weighted by Crippen LogP contribution is 2.09. The van der Waals surface area contributed by atoms with Gasteiger partial charge in [-0.25, -0.2) is 0 Å². The number of piperidine rings is 1. The molecule has 0 aromatic carbocycles. The van der Waals surface area contributed by atoms with Crippen LogP contribution in [-0.2, 0) is 0 Å². The van der Waals surface area contributed by atoms with Gasteiger partial charge in [-0.3, -0.25) is 9.80 Å². The molecule has 2 heterocycles. The molecule has 0 aromatic heterocycles. The molecule has 2 rings (SSSR count). The Morgan fingerprint density at radius 3 is 1.40 bits per heavy atom. The molecular formula is C34H85N11. The van der Waals surface area contributed by atoms with Gasteiger partial charge in [0, 0.05) is 78.5 Å². The van der Waals surface area contributed by atoms with Gasteiger partial charge >= 0.3 is 0 Å². The van der Waals surface area contributed by atoms with Crippen molar-refractivity contribution < 1.29 is 0 Å². The minimum atomic E-state index is 0. The zero-order valence-electron chi connectivity index (χ0n) is 29.7. The fraction of sp³-hybridized carbons (Fsp3) is 1.00. The van der Waals surface area contributed by atoms with Gasteiger partial charge in [0.15, 0.2) is 0 Å². The standard InChI is InChI=1S/C10H22N2.C9H21N3.C8H20N2.C6H18N4.CH4/c11-7-3-1-4-8-12-9-5-2-6-10-12;1-2-4-11-6-8-12(5-3-10)9-7-11;1-2-7-10-8-5-3-4-6-9;7-1-4-10(5-2-8)6-3-9;/h1-11H2;2-10H2,1H3;10H,2-9H2,1H3;1-9H2;1H4. The first-order valence-electron chi connectivity index (χ1n) is 18.4. The van der Waals surface area contributed by atoms with E-state index in [4.69, 9.17) is 34.4 Å². The van der Waals surface area contributed by atoms with Gasteiger partial charge in [0.2, 0.25) is 0 Å². The lowest BCUT2D eigenvalue weighted by molar-refractivity contribution is 0.135. The SMILES string of the molecule is C.CCCN1CCN(CCN)CC1.CCCNCCCCCN.NCCCCCN1CCCCC1.NCCN(CCN)CCN. The monoisotopic (exact) mass is 648 g/mol. The summed E-state index contributed by atoms with van der Waals surface area (Å²) in [5.41, 5.74) is 32.4. The van der Waals surface area contributed by atoms with Crippen molar-refractivity contribution in [2.75, 3.05) is 131 Å². The van der Waals surface area contributed by atoms with Crippen molar-refractivity contribution in [2.24, 2.45) is 34.4 Å². The summed E-state index contributed by atoms with van der Waals surface area (Å²) >= 11 is 0. The smallest absolute Gasteiger partial charge is 0.0110 e. The molecule has 2 fully saturated rings. The molecule has 45 heavy (non-hydrogen) atoms. The molecule has 2 aliphatic rings. The summed E-state index contributed by atoms with van der Waals surface area (Å²) in [5.74, 6) is 0. The van der Waals surface area contributed by atoms with Crippen molar-refractivity contribution in [1.82, 2.24) is 24.9 Å². The van der Waals surface area contributed by atoms with Crippen LogP contribution in [0, 0.1) is 0 Å². The van der Waals surface area contributed by atoms with Crippen LogP contribution in [0.1, 0.15) is 91.9 Å².